The molecule has 0 amide bonds. The molecule has 0 radical (unpaired) electrons. The Morgan fingerprint density at radius 1 is 0.764 bits per heavy atom. The molecular weight excluding hydrogens is 978 g/mol. The van der Waals surface area contributed by atoms with Crippen LogP contribution < -0.4 is 0 Å². The number of Topliss-reactive ketones (excluding diaryl/α,β-unsaturated/α-hetero) is 1. The van der Waals surface area contributed by atoms with E-state index in [1.807, 2.05) is 6.92 Å². The van der Waals surface area contributed by atoms with Gasteiger partial charge in [-0.15, -0.1) is 0 Å². The van der Waals surface area contributed by atoms with E-state index in [0.717, 1.165) is 57.4 Å². The molecule has 2 fully saturated rings. The van der Waals surface area contributed by atoms with E-state index in [9.17, 15) is 68.8 Å². The average Bonchev–Trinajstić information content (AvgIpc) is 3.32. The van der Waals surface area contributed by atoms with E-state index in [1.165, 1.54) is 25.3 Å². The van der Waals surface area contributed by atoms with Crippen LogP contribution in [0.2, 0.25) is 0 Å². The zero-order valence-electron chi connectivity index (χ0n) is 42.3. The molecule has 0 aromatic heterocycles. The van der Waals surface area contributed by atoms with Crippen molar-refractivity contribution in [3.63, 3.8) is 0 Å². The van der Waals surface area contributed by atoms with Gasteiger partial charge in [0.2, 0.25) is 0 Å². The molecule has 1 saturated heterocycles. The van der Waals surface area contributed by atoms with Crippen molar-refractivity contribution in [2.24, 2.45) is 11.8 Å². The molecule has 2 rings (SSSR count). The summed E-state index contributed by atoms with van der Waals surface area (Å²) >= 11 is 0. The number of aliphatic hydroxyl groups excluding tert-OH is 6. The van der Waals surface area contributed by atoms with Crippen molar-refractivity contribution in [3.05, 3.63) is 60.8 Å². The van der Waals surface area contributed by atoms with Gasteiger partial charge in [-0.05, 0) is 70.6 Å². The van der Waals surface area contributed by atoms with Crippen LogP contribution in [0.25, 0.3) is 0 Å². The summed E-state index contributed by atoms with van der Waals surface area (Å²) in [5.41, 5.74) is 0. The maximum absolute atomic E-state index is 13.8. The minimum atomic E-state index is -5.79. The first-order valence-electron chi connectivity index (χ1n) is 25.9. The van der Waals surface area contributed by atoms with Gasteiger partial charge in [0.1, 0.15) is 36.8 Å². The molecule has 0 aromatic rings. The van der Waals surface area contributed by atoms with Crippen molar-refractivity contribution in [1.82, 2.24) is 0 Å². The van der Waals surface area contributed by atoms with Crippen LogP contribution in [-0.2, 0) is 46.6 Å². The maximum atomic E-state index is 13.8. The predicted octanol–water partition coefficient (Wildman–Crippen LogP) is 7.21. The molecule has 1 saturated carbocycles. The minimum absolute atomic E-state index is 0.0686. The van der Waals surface area contributed by atoms with Crippen molar-refractivity contribution >= 4 is 33.4 Å². The number of carbonyl (C=O) groups excluding carboxylic acids is 3. The summed E-state index contributed by atoms with van der Waals surface area (Å²) in [6.45, 7) is 2.52. The lowest BCUT2D eigenvalue weighted by molar-refractivity contribution is -0.165. The molecule has 0 aromatic carbocycles. The van der Waals surface area contributed by atoms with Crippen molar-refractivity contribution in [2.45, 2.75) is 216 Å². The van der Waals surface area contributed by atoms with Crippen LogP contribution >= 0.6 is 15.6 Å². The summed E-state index contributed by atoms with van der Waals surface area (Å²) in [6, 6.07) is 0. The molecule has 1 aliphatic carbocycles. The zero-order valence-corrected chi connectivity index (χ0v) is 44.1. The quantitative estimate of drug-likeness (QED) is 0.0189. The van der Waals surface area contributed by atoms with Crippen LogP contribution in [0, 0.1) is 11.8 Å². The second-order valence-corrected chi connectivity index (χ2v) is 21.3. The molecule has 1 heterocycles. The summed E-state index contributed by atoms with van der Waals surface area (Å²) in [4.78, 5) is 70.6. The Bertz CT molecular complexity index is 1780. The van der Waals surface area contributed by atoms with Crippen LogP contribution in [0.15, 0.2) is 60.8 Å². The van der Waals surface area contributed by atoms with E-state index < -0.39 is 120 Å². The normalized spacial score (nSPS) is 30.0. The number of hydrogen-bond acceptors (Lipinski definition) is 16. The van der Waals surface area contributed by atoms with Crippen LogP contribution in [0.4, 0.5) is 0 Å². The smallest absolute Gasteiger partial charge is 0.462 e. The number of phosphoric acid groups is 2. The molecule has 12 atom stereocenters. The van der Waals surface area contributed by atoms with Crippen molar-refractivity contribution in [3.8, 4) is 0 Å². The lowest BCUT2D eigenvalue weighted by Gasteiger charge is -2.38. The van der Waals surface area contributed by atoms with Gasteiger partial charge in [0.05, 0.1) is 31.0 Å². The Morgan fingerprint density at radius 2 is 1.36 bits per heavy atom. The Balaban J connectivity index is 2.27. The number of ketones is 1. The predicted molar refractivity (Wildman–Crippen MR) is 270 cm³/mol. The fraction of sp³-hybridized carbons (Fsp3) is 0.745. The van der Waals surface area contributed by atoms with Gasteiger partial charge in [-0.1, -0.05) is 132 Å². The van der Waals surface area contributed by atoms with E-state index in [0.29, 0.717) is 38.5 Å². The number of aliphatic hydroxyl groups is 6. The van der Waals surface area contributed by atoms with Crippen LogP contribution in [0.1, 0.15) is 162 Å². The number of fused-ring (bicyclic) bond motifs is 4. The average molecular weight is 1070 g/mol. The second-order valence-electron chi connectivity index (χ2n) is 18.7. The largest absolute Gasteiger partial charge is 0.472 e. The summed E-state index contributed by atoms with van der Waals surface area (Å²) in [7, 11) is -11.5. The first kappa shape index (κ1) is 65.4. The molecule has 0 spiro atoms. The van der Waals surface area contributed by atoms with Gasteiger partial charge in [-0.3, -0.25) is 28.0 Å². The molecule has 19 nitrogen and oxygen atoms in total. The number of cyclic esters (lactones) is 1. The van der Waals surface area contributed by atoms with Crippen molar-refractivity contribution in [1.29, 1.82) is 0 Å². The second kappa shape index (κ2) is 37.1. The van der Waals surface area contributed by atoms with E-state index in [4.69, 9.17) is 23.0 Å². The number of rotatable bonds is 25. The summed E-state index contributed by atoms with van der Waals surface area (Å²) in [5.74, 6) is -5.54. The number of unbranched alkanes of at least 4 members (excludes halogenated alkanes) is 8. The van der Waals surface area contributed by atoms with Gasteiger partial charge < -0.3 is 54.8 Å². The molecule has 2 aliphatic rings. The topological polar surface area (TPSA) is 314 Å². The molecule has 414 valence electrons. The highest BCUT2D eigenvalue weighted by Crippen LogP contribution is 2.49. The third-order valence-electron chi connectivity index (χ3n) is 12.5. The van der Waals surface area contributed by atoms with Gasteiger partial charge in [0.25, 0.3) is 0 Å². The fourth-order valence-corrected chi connectivity index (χ4v) is 9.85. The van der Waals surface area contributed by atoms with Gasteiger partial charge in [-0.2, -0.15) is 0 Å². The standard InChI is InChI=1S/C51H86O19P2/c1-3-5-7-8-9-10-11-12-13-14-15-16-17-18-19-20-21-22-28-32-45(56)68-39-36-66-44(55)31-27-24-23-26-30-40-42(53)35-43(54)41(34-33-38(52)29-25-6-4-2)47(58)50(69-71(61,62)63)51(49(60)48(59)46(40)57)70-72(64,65)67-37-39/h9-10,12-13,15-16,18-19,33-34,38-41,43,46-52,54,57-60H,3-8,11,14,17,20-32,35-37H2,1-2H3,(H,64,65)(H2,61,62,63)/b10-9-,13-12-,16-15-,19-18-,34-33+/t38-,39+,40-,41-,43+,46+,47+,48-,49+,50+,51-/m0/s1. The van der Waals surface area contributed by atoms with Gasteiger partial charge in [-0.25, -0.2) is 9.13 Å². The summed E-state index contributed by atoms with van der Waals surface area (Å²) in [6.07, 6.45) is 12.5. The Hall–Kier alpha value is -2.71. The van der Waals surface area contributed by atoms with Crippen LogP contribution in [0.3, 0.4) is 0 Å². The molecule has 9 N–H and O–H groups in total. The fourth-order valence-electron chi connectivity index (χ4n) is 8.32. The number of carbonyl (C=O) groups is 3. The molecule has 2 bridgehead atoms. The molecule has 1 unspecified atom stereocenters. The van der Waals surface area contributed by atoms with E-state index >= 15 is 0 Å². The first-order chi connectivity index (χ1) is 34.3. The number of phosphoric ester groups is 2. The first-order valence-corrected chi connectivity index (χ1v) is 29.0. The molecule has 1 aliphatic heterocycles. The van der Waals surface area contributed by atoms with Crippen LogP contribution in [-0.4, -0.2) is 131 Å². The van der Waals surface area contributed by atoms with Crippen molar-refractivity contribution < 1.29 is 91.9 Å². The number of allylic oxidation sites excluding steroid dienone is 8. The minimum Gasteiger partial charge on any atom is -0.462 e. The third-order valence-corrected chi connectivity index (χ3v) is 14.0. The Kier molecular flexibility index (Phi) is 33.7. The number of esters is 2. The van der Waals surface area contributed by atoms with E-state index in [1.54, 1.807) is 0 Å². The SMILES string of the molecule is CCCCC/C=C\C/C=C\C/C=C\C/C=C\CCCCCC(=O)O[C@@H]1COC(=O)CCCCCC[C@H]2C(=O)C[C@@H](O)[C@H](/C=C/[C@@H](O)CCCCC)[C@@H](O)[C@@H](OP(=O)(O)O)[C@@H](OP(=O)(O)OC1)[C@H](O)[C@@H](O)[C@@H]2O. The van der Waals surface area contributed by atoms with Gasteiger partial charge >= 0.3 is 27.6 Å². The monoisotopic (exact) mass is 1060 g/mol. The molecule has 21 heteroatoms. The van der Waals surface area contributed by atoms with Gasteiger partial charge in [0, 0.05) is 31.1 Å². The summed E-state index contributed by atoms with van der Waals surface area (Å²) < 4.78 is 52.3. The lowest BCUT2D eigenvalue weighted by atomic mass is 9.83. The highest BCUT2D eigenvalue weighted by Gasteiger charge is 2.51. The van der Waals surface area contributed by atoms with Gasteiger partial charge in [0.15, 0.2) is 6.10 Å². The lowest BCUT2D eigenvalue weighted by Crippen LogP contribution is -2.56. The van der Waals surface area contributed by atoms with E-state index in [-0.39, 0.29) is 32.1 Å². The maximum Gasteiger partial charge on any atom is 0.472 e. The highest BCUT2D eigenvalue weighted by molar-refractivity contribution is 7.47. The molecule has 72 heavy (non-hydrogen) atoms. The van der Waals surface area contributed by atoms with E-state index in [2.05, 4.69) is 55.5 Å². The Labute approximate surface area is 426 Å². The number of hydrogen-bond donors (Lipinski definition) is 9. The number of ether oxygens (including phenoxy) is 2. The molecular formula is C51H86O19P2. The van der Waals surface area contributed by atoms with Crippen molar-refractivity contribution in [2.75, 3.05) is 13.2 Å². The van der Waals surface area contributed by atoms with Crippen LogP contribution in [0.5, 0.6) is 0 Å². The zero-order chi connectivity index (χ0) is 53.4. The summed E-state index contributed by atoms with van der Waals surface area (Å²) in [5, 5.41) is 68.4. The highest BCUT2D eigenvalue weighted by atomic mass is 31.2. The Morgan fingerprint density at radius 3 is 1.99 bits per heavy atom. The third kappa shape index (κ3) is 28.3.